The first kappa shape index (κ1) is 21.7. The smallest absolute Gasteiger partial charge is 0.244 e. The van der Waals surface area contributed by atoms with Crippen LogP contribution in [-0.4, -0.2) is 28.9 Å². The zero-order chi connectivity index (χ0) is 22.2. The number of hydrogen-bond acceptors (Lipinski definition) is 4. The van der Waals surface area contributed by atoms with E-state index < -0.39 is 5.82 Å². The monoisotopic (exact) mass is 431 g/mol. The van der Waals surface area contributed by atoms with Crippen LogP contribution in [0, 0.1) is 5.82 Å². The number of ether oxygens (including phenoxy) is 1. The van der Waals surface area contributed by atoms with E-state index in [4.69, 9.17) is 4.74 Å². The van der Waals surface area contributed by atoms with Gasteiger partial charge in [0.15, 0.2) is 11.6 Å². The van der Waals surface area contributed by atoms with Gasteiger partial charge in [-0.15, -0.1) is 0 Å². The predicted octanol–water partition coefficient (Wildman–Crippen LogP) is 4.94. The molecule has 1 saturated heterocycles. The Bertz CT molecular complexity index is 1080. The predicted molar refractivity (Wildman–Crippen MR) is 123 cm³/mol. The highest BCUT2D eigenvalue weighted by Gasteiger charge is 2.13. The second-order valence-electron chi connectivity index (χ2n) is 7.78. The van der Waals surface area contributed by atoms with E-state index in [1.165, 1.54) is 42.8 Å². The van der Waals surface area contributed by atoms with Gasteiger partial charge in [-0.3, -0.25) is 14.7 Å². The van der Waals surface area contributed by atoms with Gasteiger partial charge in [0.05, 0.1) is 6.20 Å². The minimum Gasteiger partial charge on any atom is -0.453 e. The van der Waals surface area contributed by atoms with Gasteiger partial charge in [-0.1, -0.05) is 30.3 Å². The highest BCUT2D eigenvalue weighted by atomic mass is 19.1. The van der Waals surface area contributed by atoms with Crippen molar-refractivity contribution < 1.29 is 13.9 Å². The summed E-state index contributed by atoms with van der Waals surface area (Å²) in [4.78, 5) is 18.7. The van der Waals surface area contributed by atoms with Crippen LogP contribution in [0.3, 0.4) is 0 Å². The molecule has 0 unspecified atom stereocenters. The molecule has 4 rings (SSSR count). The number of amides is 1. The van der Waals surface area contributed by atoms with Crippen molar-refractivity contribution in [1.29, 1.82) is 0 Å². The lowest BCUT2D eigenvalue weighted by molar-refractivity contribution is -0.116. The first-order valence-corrected chi connectivity index (χ1v) is 10.8. The second-order valence-corrected chi connectivity index (χ2v) is 7.78. The van der Waals surface area contributed by atoms with Crippen LogP contribution in [0.1, 0.15) is 29.5 Å². The Labute approximate surface area is 187 Å². The molecule has 2 aromatic carbocycles. The van der Waals surface area contributed by atoms with E-state index in [-0.39, 0.29) is 11.7 Å². The van der Waals surface area contributed by atoms with Crippen LogP contribution >= 0.6 is 0 Å². The summed E-state index contributed by atoms with van der Waals surface area (Å²) in [5.41, 5.74) is 2.93. The Kier molecular flexibility index (Phi) is 7.25. The largest absolute Gasteiger partial charge is 0.453 e. The average Bonchev–Trinajstić information content (AvgIpc) is 3.32. The van der Waals surface area contributed by atoms with E-state index in [1.54, 1.807) is 30.5 Å². The van der Waals surface area contributed by atoms with Crippen LogP contribution in [0.25, 0.3) is 6.08 Å². The Morgan fingerprint density at radius 2 is 1.91 bits per heavy atom. The van der Waals surface area contributed by atoms with Crippen molar-refractivity contribution in [3.8, 4) is 11.5 Å². The normalized spacial score (nSPS) is 14.0. The molecule has 5 nitrogen and oxygen atoms in total. The molecule has 0 aliphatic carbocycles. The molecule has 1 N–H and O–H groups in total. The molecular formula is C26H26FN3O2. The summed E-state index contributed by atoms with van der Waals surface area (Å²) in [5.74, 6) is -0.169. The van der Waals surface area contributed by atoms with Gasteiger partial charge in [0.2, 0.25) is 5.91 Å². The van der Waals surface area contributed by atoms with Gasteiger partial charge in [0.1, 0.15) is 5.75 Å². The van der Waals surface area contributed by atoms with Gasteiger partial charge in [-0.05, 0) is 73.0 Å². The molecular weight excluding hydrogens is 405 g/mol. The number of aromatic nitrogens is 1. The summed E-state index contributed by atoms with van der Waals surface area (Å²) >= 11 is 0. The quantitative estimate of drug-likeness (QED) is 0.514. The maximum Gasteiger partial charge on any atom is 0.244 e. The standard InChI is InChI=1S/C26H26FN3O2/c27-24-16-20(9-11-25(24)32-23-8-5-13-28-18-23)10-12-26(31)29-17-21-6-1-2-7-22(21)19-30-14-3-4-15-30/h1-2,5-13,16,18H,3-4,14-15,17,19H2,(H,29,31)/b12-10+. The summed E-state index contributed by atoms with van der Waals surface area (Å²) in [6.45, 7) is 3.63. The molecule has 1 amide bonds. The molecule has 0 radical (unpaired) electrons. The Morgan fingerprint density at radius 1 is 1.09 bits per heavy atom. The molecule has 1 fully saturated rings. The molecule has 0 bridgehead atoms. The number of nitrogens with zero attached hydrogens (tertiary/aromatic N) is 2. The number of rotatable bonds is 8. The zero-order valence-electron chi connectivity index (χ0n) is 17.8. The molecule has 3 aromatic rings. The van der Waals surface area contributed by atoms with Crippen molar-refractivity contribution in [2.45, 2.75) is 25.9 Å². The van der Waals surface area contributed by atoms with Crippen LogP contribution in [0.2, 0.25) is 0 Å². The van der Waals surface area contributed by atoms with E-state index in [0.717, 1.165) is 25.2 Å². The molecule has 6 heteroatoms. The second kappa shape index (κ2) is 10.7. The topological polar surface area (TPSA) is 54.5 Å². The van der Waals surface area contributed by atoms with Crippen molar-refractivity contribution in [2.75, 3.05) is 13.1 Å². The fourth-order valence-corrected chi connectivity index (χ4v) is 3.72. The summed E-state index contributed by atoms with van der Waals surface area (Å²) in [6, 6.07) is 16.2. The highest BCUT2D eigenvalue weighted by Crippen LogP contribution is 2.25. The number of benzene rings is 2. The van der Waals surface area contributed by atoms with Crippen LogP contribution < -0.4 is 10.1 Å². The van der Waals surface area contributed by atoms with Crippen molar-refractivity contribution in [2.24, 2.45) is 0 Å². The Balaban J connectivity index is 1.32. The SMILES string of the molecule is O=C(/C=C/c1ccc(Oc2cccnc2)c(F)c1)NCc1ccccc1CN1CCCC1. The van der Waals surface area contributed by atoms with E-state index in [0.29, 0.717) is 17.9 Å². The lowest BCUT2D eigenvalue weighted by Crippen LogP contribution is -2.23. The number of halogens is 1. The third kappa shape index (κ3) is 6.02. The third-order valence-electron chi connectivity index (χ3n) is 5.41. The minimum atomic E-state index is -0.507. The number of hydrogen-bond donors (Lipinski definition) is 1. The Hall–Kier alpha value is -3.51. The molecule has 0 saturated carbocycles. The van der Waals surface area contributed by atoms with Crippen molar-refractivity contribution in [3.63, 3.8) is 0 Å². The van der Waals surface area contributed by atoms with Gasteiger partial charge in [-0.2, -0.15) is 0 Å². The molecule has 1 aromatic heterocycles. The Morgan fingerprint density at radius 3 is 2.66 bits per heavy atom. The number of pyridine rings is 1. The molecule has 1 aliphatic heterocycles. The maximum atomic E-state index is 14.4. The fourth-order valence-electron chi connectivity index (χ4n) is 3.72. The van der Waals surface area contributed by atoms with Crippen LogP contribution in [0.15, 0.2) is 73.1 Å². The van der Waals surface area contributed by atoms with Gasteiger partial charge >= 0.3 is 0 Å². The first-order valence-electron chi connectivity index (χ1n) is 10.8. The average molecular weight is 432 g/mol. The van der Waals surface area contributed by atoms with Gasteiger partial charge in [0, 0.05) is 25.4 Å². The summed E-state index contributed by atoms with van der Waals surface area (Å²) in [7, 11) is 0. The van der Waals surface area contributed by atoms with Crippen molar-refractivity contribution in [1.82, 2.24) is 15.2 Å². The molecule has 2 heterocycles. The third-order valence-corrected chi connectivity index (χ3v) is 5.41. The molecule has 0 atom stereocenters. The van der Waals surface area contributed by atoms with E-state index in [9.17, 15) is 9.18 Å². The number of nitrogens with one attached hydrogen (secondary N) is 1. The molecule has 32 heavy (non-hydrogen) atoms. The number of likely N-dealkylation sites (tertiary alicyclic amines) is 1. The zero-order valence-corrected chi connectivity index (χ0v) is 17.8. The van der Waals surface area contributed by atoms with E-state index >= 15 is 0 Å². The highest BCUT2D eigenvalue weighted by molar-refractivity contribution is 5.91. The number of carbonyl (C=O) groups excluding carboxylic acids is 1. The molecule has 1 aliphatic rings. The van der Waals surface area contributed by atoms with Crippen LogP contribution in [0.4, 0.5) is 4.39 Å². The fraction of sp³-hybridized carbons (Fsp3) is 0.231. The van der Waals surface area contributed by atoms with Gasteiger partial charge < -0.3 is 10.1 Å². The summed E-state index contributed by atoms with van der Waals surface area (Å²) < 4.78 is 19.8. The van der Waals surface area contributed by atoms with Crippen LogP contribution in [0.5, 0.6) is 11.5 Å². The van der Waals surface area contributed by atoms with Gasteiger partial charge in [0.25, 0.3) is 0 Å². The van der Waals surface area contributed by atoms with E-state index in [2.05, 4.69) is 21.3 Å². The minimum absolute atomic E-state index is 0.106. The maximum absolute atomic E-state index is 14.4. The van der Waals surface area contributed by atoms with Crippen molar-refractivity contribution in [3.05, 3.63) is 95.6 Å². The molecule has 164 valence electrons. The lowest BCUT2D eigenvalue weighted by atomic mass is 10.1. The van der Waals surface area contributed by atoms with Crippen LogP contribution in [-0.2, 0) is 17.9 Å². The molecule has 0 spiro atoms. The van der Waals surface area contributed by atoms with E-state index in [1.807, 2.05) is 18.2 Å². The van der Waals surface area contributed by atoms with Crippen molar-refractivity contribution >= 4 is 12.0 Å². The van der Waals surface area contributed by atoms with Gasteiger partial charge in [-0.25, -0.2) is 4.39 Å². The number of carbonyl (C=O) groups is 1. The summed E-state index contributed by atoms with van der Waals surface area (Å²) in [6.07, 6.45) is 8.64. The summed E-state index contributed by atoms with van der Waals surface area (Å²) in [5, 5.41) is 2.92. The lowest BCUT2D eigenvalue weighted by Gasteiger charge is -2.17. The first-order chi connectivity index (χ1) is 15.7.